The van der Waals surface area contributed by atoms with Crippen molar-refractivity contribution in [3.63, 3.8) is 0 Å². The quantitative estimate of drug-likeness (QED) is 0.651. The number of halogens is 1. The second kappa shape index (κ2) is 9.82. The van der Waals surface area contributed by atoms with E-state index in [-0.39, 0.29) is 37.3 Å². The summed E-state index contributed by atoms with van der Waals surface area (Å²) in [6.07, 6.45) is 0.438. The van der Waals surface area contributed by atoms with Crippen LogP contribution in [0.2, 0.25) is 0 Å². The van der Waals surface area contributed by atoms with Crippen molar-refractivity contribution in [2.45, 2.75) is 58.3 Å². The highest BCUT2D eigenvalue weighted by molar-refractivity contribution is 5.87. The summed E-state index contributed by atoms with van der Waals surface area (Å²) in [4.78, 5) is 34.8. The Kier molecular flexibility index (Phi) is 7.79. The van der Waals surface area contributed by atoms with Gasteiger partial charge in [-0.15, -0.1) is 12.4 Å². The number of ether oxygens (including phenoxy) is 3. The first kappa shape index (κ1) is 26.2. The zero-order valence-corrected chi connectivity index (χ0v) is 20.3. The Morgan fingerprint density at radius 3 is 2.61 bits per heavy atom. The van der Waals surface area contributed by atoms with Crippen LogP contribution in [0.1, 0.15) is 46.6 Å². The first-order chi connectivity index (χ1) is 15.0. The largest absolute Gasteiger partial charge is 0.480 e. The van der Waals surface area contributed by atoms with Gasteiger partial charge in [-0.1, -0.05) is 18.7 Å². The van der Waals surface area contributed by atoms with E-state index >= 15 is 0 Å². The van der Waals surface area contributed by atoms with Crippen molar-refractivity contribution in [2.24, 2.45) is 0 Å². The van der Waals surface area contributed by atoms with Gasteiger partial charge in [-0.25, -0.2) is 9.59 Å². The van der Waals surface area contributed by atoms with Crippen molar-refractivity contribution >= 4 is 41.4 Å². The molecule has 10 heteroatoms. The summed E-state index contributed by atoms with van der Waals surface area (Å²) in [7, 11) is 0. The number of benzene rings is 1. The maximum absolute atomic E-state index is 12.7. The number of carboxylic acid groups (broad SMARTS) is 1. The molecule has 1 aromatic heterocycles. The van der Waals surface area contributed by atoms with Gasteiger partial charge in [-0.3, -0.25) is 4.90 Å². The minimum absolute atomic E-state index is 0. The van der Waals surface area contributed by atoms with Gasteiger partial charge < -0.3 is 19.3 Å². The number of carboxylic acids is 1. The van der Waals surface area contributed by atoms with E-state index in [1.54, 1.807) is 26.8 Å². The summed E-state index contributed by atoms with van der Waals surface area (Å²) in [5, 5.41) is 10.5. The molecule has 1 aliphatic heterocycles. The van der Waals surface area contributed by atoms with Gasteiger partial charge in [-0.05, 0) is 52.3 Å². The maximum atomic E-state index is 12.7. The zero-order valence-electron chi connectivity index (χ0n) is 19.5. The fourth-order valence-electron chi connectivity index (χ4n) is 3.56. The molecule has 0 spiro atoms. The molecule has 0 aliphatic carbocycles. The summed E-state index contributed by atoms with van der Waals surface area (Å²) in [6.45, 7) is 12.7. The summed E-state index contributed by atoms with van der Waals surface area (Å²) >= 11 is 0. The van der Waals surface area contributed by atoms with Gasteiger partial charge in [-0.2, -0.15) is 9.97 Å². The monoisotopic (exact) mass is 479 g/mol. The predicted molar refractivity (Wildman–Crippen MR) is 126 cm³/mol. The van der Waals surface area contributed by atoms with Crippen molar-refractivity contribution in [1.82, 2.24) is 14.9 Å². The fourth-order valence-corrected chi connectivity index (χ4v) is 3.56. The van der Waals surface area contributed by atoms with E-state index in [1.165, 1.54) is 11.8 Å². The standard InChI is InChI=1S/C23H29N3O6.ClH/c1-7-14-9-10-17-16(11-14)18(25-20(24-17)30-8-2)31-15-12-23(6,19(27)28)26(13-15)21(29)32-22(3,4)5;/h7,9-11,15H,1,8,12-13H2,2-6H3,(H,27,28);1H/t15-,23+;/m1./s1. The second-order valence-corrected chi connectivity index (χ2v) is 8.84. The van der Waals surface area contributed by atoms with E-state index in [4.69, 9.17) is 14.2 Å². The van der Waals surface area contributed by atoms with E-state index in [9.17, 15) is 14.7 Å². The minimum atomic E-state index is -1.48. The third-order valence-electron chi connectivity index (χ3n) is 5.13. The van der Waals surface area contributed by atoms with Crippen LogP contribution in [0.3, 0.4) is 0 Å². The minimum Gasteiger partial charge on any atom is -0.480 e. The van der Waals surface area contributed by atoms with Crippen LogP contribution in [0.5, 0.6) is 11.9 Å². The van der Waals surface area contributed by atoms with Gasteiger partial charge in [0.1, 0.15) is 17.2 Å². The van der Waals surface area contributed by atoms with Gasteiger partial charge in [0.15, 0.2) is 0 Å². The molecule has 2 atom stereocenters. The van der Waals surface area contributed by atoms with Gasteiger partial charge in [0, 0.05) is 6.42 Å². The highest BCUT2D eigenvalue weighted by atomic mass is 35.5. The SMILES string of the molecule is C=Cc1ccc2nc(OCC)nc(O[C@H]3CN(C(=O)OC(C)(C)C)[C@](C)(C(=O)O)C3)c2c1.Cl. The molecule has 0 radical (unpaired) electrons. The van der Waals surface area contributed by atoms with Crippen LogP contribution in [0.25, 0.3) is 17.0 Å². The first-order valence-electron chi connectivity index (χ1n) is 10.4. The molecule has 0 bridgehead atoms. The lowest BCUT2D eigenvalue weighted by atomic mass is 9.98. The average Bonchev–Trinajstić information content (AvgIpc) is 3.04. The highest BCUT2D eigenvalue weighted by Crippen LogP contribution is 2.35. The van der Waals surface area contributed by atoms with E-state index in [0.717, 1.165) is 5.56 Å². The smallest absolute Gasteiger partial charge is 0.411 e. The van der Waals surface area contributed by atoms with Gasteiger partial charge in [0.25, 0.3) is 0 Å². The first-order valence-corrected chi connectivity index (χ1v) is 10.4. The van der Waals surface area contributed by atoms with Crippen LogP contribution in [0.4, 0.5) is 4.79 Å². The molecule has 1 fully saturated rings. The molecule has 1 saturated heterocycles. The summed E-state index contributed by atoms with van der Waals surface area (Å²) in [6, 6.07) is 5.67. The van der Waals surface area contributed by atoms with Gasteiger partial charge >= 0.3 is 18.1 Å². The predicted octanol–water partition coefficient (Wildman–Crippen LogP) is 4.32. The third kappa shape index (κ3) is 5.65. The molecule has 33 heavy (non-hydrogen) atoms. The number of likely N-dealkylation sites (tertiary alicyclic amines) is 1. The van der Waals surface area contributed by atoms with Crippen LogP contribution in [0.15, 0.2) is 24.8 Å². The van der Waals surface area contributed by atoms with E-state index < -0.39 is 29.3 Å². The van der Waals surface area contributed by atoms with E-state index in [1.807, 2.05) is 25.1 Å². The number of hydrogen-bond donors (Lipinski definition) is 1. The molecule has 9 nitrogen and oxygen atoms in total. The molecular formula is C23H30ClN3O6. The fraction of sp³-hybridized carbons (Fsp3) is 0.478. The number of fused-ring (bicyclic) bond motifs is 1. The van der Waals surface area contributed by atoms with Gasteiger partial charge in [0.05, 0.1) is 24.1 Å². The molecule has 2 aromatic rings. The molecule has 2 heterocycles. The number of rotatable bonds is 6. The van der Waals surface area contributed by atoms with Crippen molar-refractivity contribution in [3.05, 3.63) is 30.3 Å². The van der Waals surface area contributed by atoms with Crippen LogP contribution >= 0.6 is 12.4 Å². The third-order valence-corrected chi connectivity index (χ3v) is 5.13. The number of carbonyl (C=O) groups is 2. The lowest BCUT2D eigenvalue weighted by molar-refractivity contribution is -0.148. The number of hydrogen-bond acceptors (Lipinski definition) is 7. The van der Waals surface area contributed by atoms with Crippen LogP contribution < -0.4 is 9.47 Å². The Labute approximate surface area is 199 Å². The molecular weight excluding hydrogens is 450 g/mol. The van der Waals surface area contributed by atoms with E-state index in [0.29, 0.717) is 17.5 Å². The Morgan fingerprint density at radius 1 is 1.33 bits per heavy atom. The maximum Gasteiger partial charge on any atom is 0.411 e. The number of nitrogens with zero attached hydrogens (tertiary/aromatic N) is 3. The summed E-state index contributed by atoms with van der Waals surface area (Å²) < 4.78 is 17.0. The van der Waals surface area contributed by atoms with Crippen molar-refractivity contribution in [2.75, 3.05) is 13.2 Å². The molecule has 1 aromatic carbocycles. The number of carbonyl (C=O) groups excluding carboxylic acids is 1. The molecule has 1 amide bonds. The number of aliphatic carboxylic acids is 1. The van der Waals surface area contributed by atoms with E-state index in [2.05, 4.69) is 16.5 Å². The normalized spacial score (nSPS) is 20.2. The Hall–Kier alpha value is -3.07. The molecule has 1 N–H and O–H groups in total. The molecule has 0 unspecified atom stereocenters. The zero-order chi connectivity index (χ0) is 23.7. The highest BCUT2D eigenvalue weighted by Gasteiger charge is 2.52. The lowest BCUT2D eigenvalue weighted by Crippen LogP contribution is -2.52. The number of amides is 1. The Morgan fingerprint density at radius 2 is 2.03 bits per heavy atom. The van der Waals surface area contributed by atoms with Crippen LogP contribution in [0, 0.1) is 0 Å². The molecule has 0 saturated carbocycles. The topological polar surface area (TPSA) is 111 Å². The van der Waals surface area contributed by atoms with Crippen molar-refractivity contribution in [1.29, 1.82) is 0 Å². The van der Waals surface area contributed by atoms with Crippen LogP contribution in [-0.4, -0.2) is 62.4 Å². The second-order valence-electron chi connectivity index (χ2n) is 8.84. The summed E-state index contributed by atoms with van der Waals surface area (Å²) in [5.74, 6) is -0.878. The summed E-state index contributed by atoms with van der Waals surface area (Å²) in [5.41, 5.74) is -0.768. The Balaban J connectivity index is 0.00000385. The average molecular weight is 480 g/mol. The Bertz CT molecular complexity index is 1050. The molecule has 180 valence electrons. The molecule has 3 rings (SSSR count). The lowest BCUT2D eigenvalue weighted by Gasteiger charge is -2.32. The number of aromatic nitrogens is 2. The molecule has 1 aliphatic rings. The van der Waals surface area contributed by atoms with Gasteiger partial charge in [0.2, 0.25) is 5.88 Å². The van der Waals surface area contributed by atoms with Crippen molar-refractivity contribution < 1.29 is 28.9 Å². The van der Waals surface area contributed by atoms with Crippen molar-refractivity contribution in [3.8, 4) is 11.9 Å². The van der Waals surface area contributed by atoms with Crippen LogP contribution in [-0.2, 0) is 9.53 Å².